The van der Waals surface area contributed by atoms with E-state index in [0.717, 1.165) is 29.9 Å². The summed E-state index contributed by atoms with van der Waals surface area (Å²) in [5.74, 6) is 0.377. The van der Waals surface area contributed by atoms with Crippen LogP contribution in [0.5, 0.6) is 5.75 Å². The van der Waals surface area contributed by atoms with Gasteiger partial charge in [-0.25, -0.2) is 0 Å². The van der Waals surface area contributed by atoms with Crippen LogP contribution in [0, 0.1) is 13.8 Å². The van der Waals surface area contributed by atoms with E-state index in [2.05, 4.69) is 10.6 Å². The van der Waals surface area contributed by atoms with E-state index in [1.807, 2.05) is 26.0 Å². The Morgan fingerprint density at radius 1 is 1.33 bits per heavy atom. The number of rotatable bonds is 2. The lowest BCUT2D eigenvalue weighted by Gasteiger charge is -2.16. The summed E-state index contributed by atoms with van der Waals surface area (Å²) in [7, 11) is 0. The average Bonchev–Trinajstić information content (AvgIpc) is 2.67. The Hall–Kier alpha value is -1.22. The lowest BCUT2D eigenvalue weighted by molar-refractivity contribution is 0.470. The van der Waals surface area contributed by atoms with Gasteiger partial charge in [0.05, 0.1) is 0 Å². The first-order chi connectivity index (χ1) is 7.16. The molecule has 1 unspecified atom stereocenters. The molecule has 1 heterocycles. The Morgan fingerprint density at radius 2 is 2.13 bits per heavy atom. The van der Waals surface area contributed by atoms with E-state index in [9.17, 15) is 5.11 Å². The molecule has 3 N–H and O–H groups in total. The Bertz CT molecular complexity index is 357. The minimum atomic E-state index is 0.377. The van der Waals surface area contributed by atoms with Gasteiger partial charge in [0.2, 0.25) is 0 Å². The first-order valence-corrected chi connectivity index (χ1v) is 5.44. The maximum Gasteiger partial charge on any atom is 0.118 e. The fourth-order valence-electron chi connectivity index (χ4n) is 1.95. The van der Waals surface area contributed by atoms with Crippen LogP contribution in [0.4, 0.5) is 5.69 Å². The third-order valence-corrected chi connectivity index (χ3v) is 2.96. The Balaban J connectivity index is 2.16. The molecule has 0 bridgehead atoms. The van der Waals surface area contributed by atoms with E-state index >= 15 is 0 Å². The standard InChI is InChI=1S/C12H18N2O/c1-8-6-12(15)9(2)5-11(8)14-10-3-4-13-7-10/h5-6,10,13-15H,3-4,7H2,1-2H3. The molecule has 3 heteroatoms. The molecule has 0 aliphatic carbocycles. The predicted octanol–water partition coefficient (Wildman–Crippen LogP) is 1.78. The molecule has 1 aliphatic heterocycles. The number of phenolic OH excluding ortho intramolecular Hbond substituents is 1. The molecule has 3 nitrogen and oxygen atoms in total. The molecule has 0 spiro atoms. The summed E-state index contributed by atoms with van der Waals surface area (Å²) < 4.78 is 0. The second-order valence-electron chi connectivity index (χ2n) is 4.29. The normalized spacial score (nSPS) is 20.5. The molecule has 15 heavy (non-hydrogen) atoms. The molecule has 1 aromatic rings. The van der Waals surface area contributed by atoms with Crippen molar-refractivity contribution in [2.24, 2.45) is 0 Å². The molecule has 1 aromatic carbocycles. The van der Waals surface area contributed by atoms with Gasteiger partial charge in [0, 0.05) is 18.3 Å². The number of aryl methyl sites for hydroxylation is 2. The third kappa shape index (κ3) is 2.23. The highest BCUT2D eigenvalue weighted by Gasteiger charge is 2.15. The quantitative estimate of drug-likeness (QED) is 0.646. The fraction of sp³-hybridized carbons (Fsp3) is 0.500. The van der Waals surface area contributed by atoms with Crippen LogP contribution in [-0.2, 0) is 0 Å². The summed E-state index contributed by atoms with van der Waals surface area (Å²) in [6.07, 6.45) is 1.17. The van der Waals surface area contributed by atoms with Gasteiger partial charge in [0.25, 0.3) is 0 Å². The molecule has 0 radical (unpaired) electrons. The van der Waals surface area contributed by atoms with Gasteiger partial charge >= 0.3 is 0 Å². The molecule has 0 aromatic heterocycles. The highest BCUT2D eigenvalue weighted by Crippen LogP contribution is 2.25. The molecule has 1 atom stereocenters. The average molecular weight is 206 g/mol. The summed E-state index contributed by atoms with van der Waals surface area (Å²) in [6.45, 7) is 6.06. The van der Waals surface area contributed by atoms with E-state index in [0.29, 0.717) is 11.8 Å². The molecule has 1 saturated heterocycles. The maximum atomic E-state index is 9.55. The van der Waals surface area contributed by atoms with Crippen molar-refractivity contribution in [3.8, 4) is 5.75 Å². The van der Waals surface area contributed by atoms with Crippen molar-refractivity contribution >= 4 is 5.69 Å². The van der Waals surface area contributed by atoms with E-state index in [4.69, 9.17) is 0 Å². The van der Waals surface area contributed by atoms with Gasteiger partial charge in [-0.15, -0.1) is 0 Å². The van der Waals surface area contributed by atoms with Crippen molar-refractivity contribution in [2.75, 3.05) is 18.4 Å². The zero-order valence-corrected chi connectivity index (χ0v) is 9.30. The van der Waals surface area contributed by atoms with Gasteiger partial charge in [-0.3, -0.25) is 0 Å². The SMILES string of the molecule is Cc1cc(NC2CCNC2)c(C)cc1O. The Kier molecular flexibility index (Phi) is 2.82. The first kappa shape index (κ1) is 10.3. The van der Waals surface area contributed by atoms with E-state index in [1.165, 1.54) is 6.42 Å². The summed E-state index contributed by atoms with van der Waals surface area (Å²) in [6, 6.07) is 4.36. The third-order valence-electron chi connectivity index (χ3n) is 2.96. The van der Waals surface area contributed by atoms with Gasteiger partial charge in [-0.05, 0) is 50.1 Å². The number of benzene rings is 1. The minimum absolute atomic E-state index is 0.377. The molecular weight excluding hydrogens is 188 g/mol. The number of phenols is 1. The zero-order valence-electron chi connectivity index (χ0n) is 9.30. The monoisotopic (exact) mass is 206 g/mol. The van der Waals surface area contributed by atoms with Gasteiger partial charge < -0.3 is 15.7 Å². The Labute approximate surface area is 90.5 Å². The van der Waals surface area contributed by atoms with E-state index in [1.54, 1.807) is 0 Å². The lowest BCUT2D eigenvalue weighted by Crippen LogP contribution is -2.22. The van der Waals surface area contributed by atoms with Gasteiger partial charge in [0.15, 0.2) is 0 Å². The summed E-state index contributed by atoms with van der Waals surface area (Å²) >= 11 is 0. The fourth-order valence-corrected chi connectivity index (χ4v) is 1.95. The van der Waals surface area contributed by atoms with Gasteiger partial charge in [0.1, 0.15) is 5.75 Å². The maximum absolute atomic E-state index is 9.55. The van der Waals surface area contributed by atoms with Crippen molar-refractivity contribution in [1.29, 1.82) is 0 Å². The summed E-state index contributed by atoms with van der Waals surface area (Å²) in [5.41, 5.74) is 3.16. The second kappa shape index (κ2) is 4.11. The number of hydrogen-bond acceptors (Lipinski definition) is 3. The minimum Gasteiger partial charge on any atom is -0.508 e. The van der Waals surface area contributed by atoms with Gasteiger partial charge in [-0.2, -0.15) is 0 Å². The van der Waals surface area contributed by atoms with Crippen LogP contribution in [0.3, 0.4) is 0 Å². The highest BCUT2D eigenvalue weighted by molar-refractivity contribution is 5.57. The molecule has 1 fully saturated rings. The zero-order chi connectivity index (χ0) is 10.8. The van der Waals surface area contributed by atoms with Gasteiger partial charge in [-0.1, -0.05) is 0 Å². The van der Waals surface area contributed by atoms with Crippen molar-refractivity contribution in [1.82, 2.24) is 5.32 Å². The summed E-state index contributed by atoms with van der Waals surface area (Å²) in [4.78, 5) is 0. The lowest BCUT2D eigenvalue weighted by atomic mass is 10.1. The molecule has 0 saturated carbocycles. The predicted molar refractivity (Wildman–Crippen MR) is 62.5 cm³/mol. The van der Waals surface area contributed by atoms with Crippen LogP contribution in [-0.4, -0.2) is 24.2 Å². The highest BCUT2D eigenvalue weighted by atomic mass is 16.3. The number of aromatic hydroxyl groups is 1. The van der Waals surface area contributed by atoms with Crippen LogP contribution < -0.4 is 10.6 Å². The topological polar surface area (TPSA) is 44.3 Å². The number of nitrogens with one attached hydrogen (secondary N) is 2. The van der Waals surface area contributed by atoms with Crippen molar-refractivity contribution in [3.63, 3.8) is 0 Å². The van der Waals surface area contributed by atoms with Crippen molar-refractivity contribution in [3.05, 3.63) is 23.3 Å². The smallest absolute Gasteiger partial charge is 0.118 e. The Morgan fingerprint density at radius 3 is 2.80 bits per heavy atom. The molecule has 2 rings (SSSR count). The van der Waals surface area contributed by atoms with Crippen molar-refractivity contribution < 1.29 is 5.11 Å². The molecule has 0 amide bonds. The van der Waals surface area contributed by atoms with Crippen LogP contribution in [0.25, 0.3) is 0 Å². The molecule has 82 valence electrons. The van der Waals surface area contributed by atoms with Crippen LogP contribution in [0.1, 0.15) is 17.5 Å². The van der Waals surface area contributed by atoms with Crippen LogP contribution in [0.15, 0.2) is 12.1 Å². The molecule has 1 aliphatic rings. The van der Waals surface area contributed by atoms with Crippen molar-refractivity contribution in [2.45, 2.75) is 26.3 Å². The van der Waals surface area contributed by atoms with Crippen LogP contribution in [0.2, 0.25) is 0 Å². The van der Waals surface area contributed by atoms with Crippen LogP contribution >= 0.6 is 0 Å². The second-order valence-corrected chi connectivity index (χ2v) is 4.29. The number of hydrogen-bond donors (Lipinski definition) is 3. The number of anilines is 1. The first-order valence-electron chi connectivity index (χ1n) is 5.44. The summed E-state index contributed by atoms with van der Waals surface area (Å²) in [5, 5.41) is 16.4. The van der Waals surface area contributed by atoms with E-state index < -0.39 is 0 Å². The largest absolute Gasteiger partial charge is 0.508 e. The molecular formula is C12H18N2O. The van der Waals surface area contributed by atoms with E-state index in [-0.39, 0.29) is 0 Å².